The number of ether oxygens (including phenoxy) is 4. The zero-order chi connectivity index (χ0) is 22.1. The number of rotatable bonds is 10. The summed E-state index contributed by atoms with van der Waals surface area (Å²) in [4.78, 5) is 0. The molecule has 3 rings (SSSR count). The smallest absolute Gasteiger partial charge is 0.129 e. The molecule has 3 aromatic carbocycles. The molecule has 0 fully saturated rings. The Kier molecular flexibility index (Phi) is 7.96. The van der Waals surface area contributed by atoms with Gasteiger partial charge in [0.2, 0.25) is 0 Å². The molecule has 5 nitrogen and oxygen atoms in total. The molecule has 0 radical (unpaired) electrons. The summed E-state index contributed by atoms with van der Waals surface area (Å²) in [5.41, 5.74) is 2.58. The first-order valence-electron chi connectivity index (χ1n) is 10.2. The Morgan fingerprint density at radius 1 is 0.839 bits per heavy atom. The fourth-order valence-electron chi connectivity index (χ4n) is 3.12. The lowest BCUT2D eigenvalue weighted by molar-refractivity contribution is 0.219. The van der Waals surface area contributed by atoms with Crippen LogP contribution < -0.4 is 18.9 Å². The molecule has 0 amide bonds. The van der Waals surface area contributed by atoms with Crippen LogP contribution in [0.4, 0.5) is 0 Å². The molecule has 0 aliphatic carbocycles. The van der Waals surface area contributed by atoms with Gasteiger partial charge in [0.05, 0.1) is 20.8 Å². The van der Waals surface area contributed by atoms with E-state index in [9.17, 15) is 5.11 Å². The summed E-state index contributed by atoms with van der Waals surface area (Å²) in [7, 11) is 3.21. The number of benzene rings is 3. The predicted molar refractivity (Wildman–Crippen MR) is 122 cm³/mol. The van der Waals surface area contributed by atoms with E-state index >= 15 is 0 Å². The largest absolute Gasteiger partial charge is 0.497 e. The standard InChI is InChI=1S/C26H28O5/c1-4-30-26-17-22(31-18-19-8-6-5-7-9-19)13-14-23(26)24(27)15-11-20-10-12-21(28-2)16-25(20)29-3/h5-17,24,27H,4,18H2,1-3H3. The summed E-state index contributed by atoms with van der Waals surface area (Å²) in [6, 6.07) is 21.0. The lowest BCUT2D eigenvalue weighted by Crippen LogP contribution is -2.02. The number of hydrogen-bond acceptors (Lipinski definition) is 5. The highest BCUT2D eigenvalue weighted by Crippen LogP contribution is 2.32. The van der Waals surface area contributed by atoms with Crippen LogP contribution in [0.15, 0.2) is 72.8 Å². The van der Waals surface area contributed by atoms with Gasteiger partial charge in [-0.25, -0.2) is 0 Å². The van der Waals surface area contributed by atoms with Gasteiger partial charge in [-0.3, -0.25) is 0 Å². The second kappa shape index (κ2) is 11.1. The van der Waals surface area contributed by atoms with Crippen molar-refractivity contribution in [3.05, 3.63) is 89.5 Å². The second-order valence-electron chi connectivity index (χ2n) is 6.82. The molecule has 0 saturated carbocycles. The molecule has 0 spiro atoms. The van der Waals surface area contributed by atoms with Crippen molar-refractivity contribution in [3.63, 3.8) is 0 Å². The second-order valence-corrected chi connectivity index (χ2v) is 6.82. The molecule has 3 aromatic rings. The van der Waals surface area contributed by atoms with Crippen molar-refractivity contribution in [2.45, 2.75) is 19.6 Å². The van der Waals surface area contributed by atoms with Crippen molar-refractivity contribution >= 4 is 6.08 Å². The summed E-state index contributed by atoms with van der Waals surface area (Å²) < 4.78 is 22.3. The SMILES string of the molecule is CCOc1cc(OCc2ccccc2)ccc1C(O)C=Cc1ccc(OC)cc1OC. The molecule has 5 heteroatoms. The maximum Gasteiger partial charge on any atom is 0.129 e. The Hall–Kier alpha value is -3.44. The van der Waals surface area contributed by atoms with Crippen molar-refractivity contribution in [3.8, 4) is 23.0 Å². The van der Waals surface area contributed by atoms with Crippen molar-refractivity contribution < 1.29 is 24.1 Å². The van der Waals surface area contributed by atoms with Crippen LogP contribution in [-0.2, 0) is 6.61 Å². The Bertz CT molecular complexity index is 998. The molecule has 0 bridgehead atoms. The van der Waals surface area contributed by atoms with Crippen LogP contribution in [0.2, 0.25) is 0 Å². The summed E-state index contributed by atoms with van der Waals surface area (Å²) >= 11 is 0. The van der Waals surface area contributed by atoms with E-state index in [1.807, 2.05) is 73.7 Å². The summed E-state index contributed by atoms with van der Waals surface area (Å²) in [5, 5.41) is 10.8. The van der Waals surface area contributed by atoms with Gasteiger partial charge in [0.25, 0.3) is 0 Å². The highest BCUT2D eigenvalue weighted by molar-refractivity contribution is 5.60. The van der Waals surface area contributed by atoms with Gasteiger partial charge in [0, 0.05) is 23.3 Å². The minimum atomic E-state index is -0.850. The van der Waals surface area contributed by atoms with E-state index in [1.54, 1.807) is 26.4 Å². The molecular weight excluding hydrogens is 392 g/mol. The summed E-state index contributed by atoms with van der Waals surface area (Å²) in [5.74, 6) is 2.65. The normalized spacial score (nSPS) is 11.9. The van der Waals surface area contributed by atoms with E-state index in [-0.39, 0.29) is 0 Å². The molecule has 0 saturated heterocycles. The first-order valence-corrected chi connectivity index (χ1v) is 10.2. The van der Waals surface area contributed by atoms with E-state index in [1.165, 1.54) is 0 Å². The van der Waals surface area contributed by atoms with Crippen molar-refractivity contribution in [1.29, 1.82) is 0 Å². The molecular formula is C26H28O5. The molecule has 162 valence electrons. The zero-order valence-corrected chi connectivity index (χ0v) is 18.1. The van der Waals surface area contributed by atoms with Crippen molar-refractivity contribution in [1.82, 2.24) is 0 Å². The molecule has 0 aliphatic heterocycles. The molecule has 1 atom stereocenters. The highest BCUT2D eigenvalue weighted by atomic mass is 16.5. The minimum Gasteiger partial charge on any atom is -0.497 e. The topological polar surface area (TPSA) is 57.2 Å². The molecule has 0 heterocycles. The van der Waals surface area contributed by atoms with Gasteiger partial charge in [0.1, 0.15) is 35.7 Å². The summed E-state index contributed by atoms with van der Waals surface area (Å²) in [6.45, 7) is 2.86. The Morgan fingerprint density at radius 2 is 1.58 bits per heavy atom. The lowest BCUT2D eigenvalue weighted by atomic mass is 10.1. The first kappa shape index (κ1) is 22.2. The van der Waals surface area contributed by atoms with E-state index in [4.69, 9.17) is 18.9 Å². The molecule has 1 unspecified atom stereocenters. The van der Waals surface area contributed by atoms with E-state index < -0.39 is 6.10 Å². The third-order valence-corrected chi connectivity index (χ3v) is 4.75. The molecule has 31 heavy (non-hydrogen) atoms. The van der Waals surface area contributed by atoms with Gasteiger partial charge in [-0.15, -0.1) is 0 Å². The molecule has 1 N–H and O–H groups in total. The van der Waals surface area contributed by atoms with Crippen molar-refractivity contribution in [2.24, 2.45) is 0 Å². The van der Waals surface area contributed by atoms with Gasteiger partial charge in [-0.2, -0.15) is 0 Å². The minimum absolute atomic E-state index is 0.464. The van der Waals surface area contributed by atoms with Crippen LogP contribution in [-0.4, -0.2) is 25.9 Å². The van der Waals surface area contributed by atoms with E-state index in [0.717, 1.165) is 11.1 Å². The maximum absolute atomic E-state index is 10.8. The van der Waals surface area contributed by atoms with Gasteiger partial charge < -0.3 is 24.1 Å². The van der Waals surface area contributed by atoms with Crippen LogP contribution in [0.25, 0.3) is 6.08 Å². The maximum atomic E-state index is 10.8. The van der Waals surface area contributed by atoms with E-state index in [0.29, 0.717) is 41.8 Å². The zero-order valence-electron chi connectivity index (χ0n) is 18.1. The third-order valence-electron chi connectivity index (χ3n) is 4.75. The van der Waals surface area contributed by atoms with Gasteiger partial charge in [-0.1, -0.05) is 42.5 Å². The number of aliphatic hydroxyl groups is 1. The monoisotopic (exact) mass is 420 g/mol. The van der Waals surface area contributed by atoms with Crippen LogP contribution in [0.1, 0.15) is 29.7 Å². The van der Waals surface area contributed by atoms with Gasteiger partial charge in [0.15, 0.2) is 0 Å². The van der Waals surface area contributed by atoms with Gasteiger partial charge in [-0.05, 0) is 36.8 Å². The third kappa shape index (κ3) is 6.03. The number of hydrogen-bond donors (Lipinski definition) is 1. The van der Waals surface area contributed by atoms with Crippen LogP contribution in [0, 0.1) is 0 Å². The Balaban J connectivity index is 1.76. The quantitative estimate of drug-likeness (QED) is 0.474. The first-order chi connectivity index (χ1) is 15.1. The van der Waals surface area contributed by atoms with Crippen LogP contribution >= 0.6 is 0 Å². The lowest BCUT2D eigenvalue weighted by Gasteiger charge is -2.15. The highest BCUT2D eigenvalue weighted by Gasteiger charge is 2.13. The average molecular weight is 421 g/mol. The average Bonchev–Trinajstić information content (AvgIpc) is 2.82. The fourth-order valence-corrected chi connectivity index (χ4v) is 3.12. The molecule has 0 aromatic heterocycles. The van der Waals surface area contributed by atoms with Gasteiger partial charge >= 0.3 is 0 Å². The summed E-state index contributed by atoms with van der Waals surface area (Å²) in [6.07, 6.45) is 2.67. The molecule has 0 aliphatic rings. The number of methoxy groups -OCH3 is 2. The Morgan fingerprint density at radius 3 is 2.29 bits per heavy atom. The Labute approximate surface area is 183 Å². The van der Waals surface area contributed by atoms with E-state index in [2.05, 4.69) is 0 Å². The predicted octanol–water partition coefficient (Wildman–Crippen LogP) is 5.43. The van der Waals surface area contributed by atoms with Crippen molar-refractivity contribution in [2.75, 3.05) is 20.8 Å². The number of aliphatic hydroxyl groups excluding tert-OH is 1. The van der Waals surface area contributed by atoms with Crippen LogP contribution in [0.5, 0.6) is 23.0 Å². The van der Waals surface area contributed by atoms with Crippen LogP contribution in [0.3, 0.4) is 0 Å². The fraction of sp³-hybridized carbons (Fsp3) is 0.231.